The molecule has 0 aromatic heterocycles. The molecule has 0 aliphatic carbocycles. The number of morpholine rings is 1. The van der Waals surface area contributed by atoms with Gasteiger partial charge in [0.05, 0.1) is 40.5 Å². The van der Waals surface area contributed by atoms with Crippen molar-refractivity contribution in [1.29, 1.82) is 0 Å². The van der Waals surface area contributed by atoms with Gasteiger partial charge in [0.1, 0.15) is 0 Å². The summed E-state index contributed by atoms with van der Waals surface area (Å²) < 4.78 is 5.34. The van der Waals surface area contributed by atoms with Gasteiger partial charge in [-0.05, 0) is 24.3 Å². The second kappa shape index (κ2) is 7.56. The van der Waals surface area contributed by atoms with E-state index >= 15 is 0 Å². The molecule has 1 N–H and O–H groups in total. The lowest BCUT2D eigenvalue weighted by Crippen LogP contribution is -2.37. The van der Waals surface area contributed by atoms with E-state index in [1.165, 1.54) is 37.4 Å². The Balaban J connectivity index is 1.66. The fraction of sp³-hybridized carbons (Fsp3) is 0.250. The number of hydrogen-bond donors (Lipinski definition) is 1. The van der Waals surface area contributed by atoms with Crippen molar-refractivity contribution >= 4 is 34.8 Å². The number of carbonyl (C=O) groups excluding carboxylic acids is 3. The van der Waals surface area contributed by atoms with Gasteiger partial charge in [-0.3, -0.25) is 29.4 Å². The molecule has 2 aromatic rings. The minimum Gasteiger partial charge on any atom is -0.378 e. The fourth-order valence-corrected chi connectivity index (χ4v) is 3.54. The Morgan fingerprint density at radius 1 is 1.07 bits per heavy atom. The maximum atomic E-state index is 13.0. The first kappa shape index (κ1) is 19.5. The number of imide groups is 1. The van der Waals surface area contributed by atoms with Gasteiger partial charge < -0.3 is 15.0 Å². The molecule has 1 fully saturated rings. The number of amides is 3. The third-order valence-electron chi connectivity index (χ3n) is 5.13. The number of nitrogens with one attached hydrogen (secondary N) is 1. The minimum absolute atomic E-state index is 0.145. The lowest BCUT2D eigenvalue weighted by molar-refractivity contribution is -0.384. The van der Waals surface area contributed by atoms with Crippen LogP contribution in [0.3, 0.4) is 0 Å². The normalized spacial score (nSPS) is 15.9. The lowest BCUT2D eigenvalue weighted by Gasteiger charge is -2.30. The highest BCUT2D eigenvalue weighted by molar-refractivity contribution is 6.21. The first-order valence-corrected chi connectivity index (χ1v) is 9.26. The SMILES string of the molecule is CN1C(=O)c2ccc(NC(=O)c3cc([N+](=O)[O-])ccc3N3CCOCC3)cc2C1=O. The first-order chi connectivity index (χ1) is 14.4. The number of ether oxygens (including phenoxy) is 1. The summed E-state index contributed by atoms with van der Waals surface area (Å²) >= 11 is 0. The monoisotopic (exact) mass is 410 g/mol. The van der Waals surface area contributed by atoms with E-state index in [4.69, 9.17) is 4.74 Å². The Bertz CT molecular complexity index is 1080. The maximum absolute atomic E-state index is 13.0. The van der Waals surface area contributed by atoms with Gasteiger partial charge in [0, 0.05) is 38.0 Å². The van der Waals surface area contributed by atoms with Crippen molar-refractivity contribution in [3.05, 3.63) is 63.2 Å². The second-order valence-corrected chi connectivity index (χ2v) is 6.94. The third kappa shape index (κ3) is 3.37. The van der Waals surface area contributed by atoms with Crippen LogP contribution in [0, 0.1) is 10.1 Å². The fourth-order valence-electron chi connectivity index (χ4n) is 3.54. The molecule has 10 nitrogen and oxygen atoms in total. The summed E-state index contributed by atoms with van der Waals surface area (Å²) in [5.41, 5.74) is 1.29. The summed E-state index contributed by atoms with van der Waals surface area (Å²) in [6.07, 6.45) is 0. The van der Waals surface area contributed by atoms with Crippen LogP contribution >= 0.6 is 0 Å². The predicted molar refractivity (Wildman–Crippen MR) is 107 cm³/mol. The Morgan fingerprint density at radius 3 is 2.47 bits per heavy atom. The summed E-state index contributed by atoms with van der Waals surface area (Å²) in [6, 6.07) is 8.58. The number of hydrogen-bond acceptors (Lipinski definition) is 7. The van der Waals surface area contributed by atoms with Crippen molar-refractivity contribution in [3.8, 4) is 0 Å². The van der Waals surface area contributed by atoms with Gasteiger partial charge in [-0.25, -0.2) is 0 Å². The van der Waals surface area contributed by atoms with Gasteiger partial charge in [-0.15, -0.1) is 0 Å². The Labute approximate surface area is 171 Å². The van der Waals surface area contributed by atoms with Crippen LogP contribution in [0.25, 0.3) is 0 Å². The van der Waals surface area contributed by atoms with E-state index in [1.54, 1.807) is 6.07 Å². The van der Waals surface area contributed by atoms with E-state index in [-0.39, 0.29) is 22.4 Å². The molecule has 0 radical (unpaired) electrons. The molecule has 154 valence electrons. The number of non-ortho nitro benzene ring substituents is 1. The molecule has 0 saturated carbocycles. The summed E-state index contributed by atoms with van der Waals surface area (Å²) in [7, 11) is 1.39. The average molecular weight is 410 g/mol. The van der Waals surface area contributed by atoms with Crippen molar-refractivity contribution in [2.24, 2.45) is 0 Å². The van der Waals surface area contributed by atoms with Gasteiger partial charge in [0.2, 0.25) is 0 Å². The molecule has 0 bridgehead atoms. The van der Waals surface area contributed by atoms with Crippen LogP contribution in [-0.4, -0.2) is 60.9 Å². The third-order valence-corrected chi connectivity index (χ3v) is 5.13. The Morgan fingerprint density at radius 2 is 1.77 bits per heavy atom. The number of nitrogens with zero attached hydrogens (tertiary/aromatic N) is 3. The van der Waals surface area contributed by atoms with Crippen molar-refractivity contribution in [2.45, 2.75) is 0 Å². The highest BCUT2D eigenvalue weighted by Crippen LogP contribution is 2.29. The van der Waals surface area contributed by atoms with Crippen molar-refractivity contribution < 1.29 is 24.0 Å². The minimum atomic E-state index is -0.560. The summed E-state index contributed by atoms with van der Waals surface area (Å²) in [5, 5.41) is 13.9. The number of nitro groups is 1. The number of carbonyl (C=O) groups is 3. The lowest BCUT2D eigenvalue weighted by atomic mass is 10.1. The zero-order valence-electron chi connectivity index (χ0n) is 16.1. The molecule has 2 aliphatic rings. The van der Waals surface area contributed by atoms with E-state index in [9.17, 15) is 24.5 Å². The molecule has 4 rings (SSSR count). The second-order valence-electron chi connectivity index (χ2n) is 6.94. The molecular formula is C20H18N4O6. The van der Waals surface area contributed by atoms with Gasteiger partial charge in [-0.1, -0.05) is 0 Å². The maximum Gasteiger partial charge on any atom is 0.270 e. The van der Waals surface area contributed by atoms with Gasteiger partial charge in [-0.2, -0.15) is 0 Å². The topological polar surface area (TPSA) is 122 Å². The average Bonchev–Trinajstić information content (AvgIpc) is 2.97. The highest BCUT2D eigenvalue weighted by Gasteiger charge is 2.33. The molecule has 2 heterocycles. The molecule has 10 heteroatoms. The number of benzene rings is 2. The Kier molecular flexibility index (Phi) is 4.92. The molecular weight excluding hydrogens is 392 g/mol. The molecule has 2 aliphatic heterocycles. The first-order valence-electron chi connectivity index (χ1n) is 9.26. The van der Waals surface area contributed by atoms with E-state index in [2.05, 4.69) is 5.32 Å². The number of anilines is 2. The Hall–Kier alpha value is -3.79. The van der Waals surface area contributed by atoms with Gasteiger partial charge >= 0.3 is 0 Å². The van der Waals surface area contributed by atoms with Gasteiger partial charge in [0.25, 0.3) is 23.4 Å². The van der Waals surface area contributed by atoms with E-state index in [0.29, 0.717) is 37.7 Å². The van der Waals surface area contributed by atoms with Crippen LogP contribution in [0.15, 0.2) is 36.4 Å². The summed E-state index contributed by atoms with van der Waals surface area (Å²) in [4.78, 5) is 50.8. The van der Waals surface area contributed by atoms with Crippen molar-refractivity contribution in [2.75, 3.05) is 43.6 Å². The summed E-state index contributed by atoms with van der Waals surface area (Å²) in [6.45, 7) is 2.10. The zero-order valence-corrected chi connectivity index (χ0v) is 16.1. The van der Waals surface area contributed by atoms with E-state index in [1.807, 2.05) is 4.90 Å². The smallest absolute Gasteiger partial charge is 0.270 e. The summed E-state index contributed by atoms with van der Waals surface area (Å²) in [5.74, 6) is -1.40. The zero-order chi connectivity index (χ0) is 21.4. The van der Waals surface area contributed by atoms with Crippen LogP contribution in [0.2, 0.25) is 0 Å². The molecule has 0 atom stereocenters. The van der Waals surface area contributed by atoms with Crippen LogP contribution in [0.4, 0.5) is 17.1 Å². The highest BCUT2D eigenvalue weighted by atomic mass is 16.6. The van der Waals surface area contributed by atoms with Crippen LogP contribution in [0.5, 0.6) is 0 Å². The quantitative estimate of drug-likeness (QED) is 0.464. The van der Waals surface area contributed by atoms with Crippen molar-refractivity contribution in [3.63, 3.8) is 0 Å². The predicted octanol–water partition coefficient (Wildman–Crippen LogP) is 1.91. The van der Waals surface area contributed by atoms with Crippen LogP contribution in [0.1, 0.15) is 31.1 Å². The molecule has 0 spiro atoms. The van der Waals surface area contributed by atoms with Gasteiger partial charge in [0.15, 0.2) is 0 Å². The molecule has 1 saturated heterocycles. The number of fused-ring (bicyclic) bond motifs is 1. The van der Waals surface area contributed by atoms with E-state index < -0.39 is 22.6 Å². The molecule has 2 aromatic carbocycles. The number of nitro benzene ring substituents is 1. The van der Waals surface area contributed by atoms with Crippen molar-refractivity contribution in [1.82, 2.24) is 4.90 Å². The molecule has 30 heavy (non-hydrogen) atoms. The standard InChI is InChI=1S/C20H18N4O6/c1-22-19(26)14-4-2-12(10-15(14)20(22)27)21-18(25)16-11-13(24(28)29)3-5-17(16)23-6-8-30-9-7-23/h2-5,10-11H,6-9H2,1H3,(H,21,25). The number of rotatable bonds is 4. The van der Waals surface area contributed by atoms with Crippen LogP contribution in [-0.2, 0) is 4.74 Å². The largest absolute Gasteiger partial charge is 0.378 e. The molecule has 0 unspecified atom stereocenters. The van der Waals surface area contributed by atoms with Crippen LogP contribution < -0.4 is 10.2 Å². The van der Waals surface area contributed by atoms with E-state index in [0.717, 1.165) is 4.90 Å². The molecule has 3 amide bonds.